The Hall–Kier alpha value is -2.35. The van der Waals surface area contributed by atoms with Crippen LogP contribution in [-0.2, 0) is 15.7 Å². The van der Waals surface area contributed by atoms with Gasteiger partial charge in [-0.15, -0.1) is 11.8 Å². The minimum atomic E-state index is -4.35. The van der Waals surface area contributed by atoms with Crippen molar-refractivity contribution in [1.82, 2.24) is 4.98 Å². The highest BCUT2D eigenvalue weighted by Crippen LogP contribution is 2.30. The molecule has 0 fully saturated rings. The third kappa shape index (κ3) is 5.82. The van der Waals surface area contributed by atoms with Crippen molar-refractivity contribution < 1.29 is 22.6 Å². The first-order valence-corrected chi connectivity index (χ1v) is 9.82. The predicted octanol–water partition coefficient (Wildman–Crippen LogP) is 6.14. The maximum Gasteiger partial charge on any atom is 0.416 e. The van der Waals surface area contributed by atoms with Crippen LogP contribution < -0.4 is 0 Å². The molecule has 7 heteroatoms. The summed E-state index contributed by atoms with van der Waals surface area (Å²) in [6, 6.07) is 14.9. The predicted molar refractivity (Wildman–Crippen MR) is 111 cm³/mol. The van der Waals surface area contributed by atoms with E-state index in [4.69, 9.17) is 9.47 Å². The summed E-state index contributed by atoms with van der Waals surface area (Å²) < 4.78 is 48.9. The van der Waals surface area contributed by atoms with Crippen LogP contribution in [0, 0.1) is 0 Å². The molecule has 3 rings (SSSR count). The van der Waals surface area contributed by atoms with Crippen molar-refractivity contribution >= 4 is 34.8 Å². The van der Waals surface area contributed by atoms with Gasteiger partial charge in [-0.05, 0) is 35.4 Å². The van der Waals surface area contributed by atoms with Crippen LogP contribution in [0.15, 0.2) is 59.6 Å². The maximum atomic E-state index is 12.9. The van der Waals surface area contributed by atoms with E-state index >= 15 is 0 Å². The second kappa shape index (κ2) is 9.43. The minimum absolute atomic E-state index is 0.306. The second-order valence-electron chi connectivity index (χ2n) is 6.27. The van der Waals surface area contributed by atoms with Crippen LogP contribution in [0.2, 0.25) is 0 Å². The molecule has 0 aliphatic rings. The molecule has 0 atom stereocenters. The second-order valence-corrected chi connectivity index (χ2v) is 7.31. The maximum absolute atomic E-state index is 12.9. The summed E-state index contributed by atoms with van der Waals surface area (Å²) in [5.74, 6) is 0.612. The van der Waals surface area contributed by atoms with E-state index < -0.39 is 11.7 Å². The monoisotopic (exact) mass is 419 g/mol. The Bertz CT molecular complexity index is 1000. The lowest BCUT2D eigenvalue weighted by Gasteiger charge is -2.12. The van der Waals surface area contributed by atoms with Gasteiger partial charge in [-0.1, -0.05) is 42.5 Å². The van der Waals surface area contributed by atoms with Gasteiger partial charge in [0.1, 0.15) is 0 Å². The molecule has 1 aromatic heterocycles. The molecule has 3 nitrogen and oxygen atoms in total. The molecule has 0 amide bonds. The van der Waals surface area contributed by atoms with Crippen LogP contribution in [0.5, 0.6) is 0 Å². The molecular formula is C22H20F3NO2S. The number of halogens is 3. The van der Waals surface area contributed by atoms with Gasteiger partial charge in [-0.25, -0.2) is 4.98 Å². The average Bonchev–Trinajstić information content (AvgIpc) is 2.72. The van der Waals surface area contributed by atoms with Gasteiger partial charge in [0.15, 0.2) is 6.29 Å². The van der Waals surface area contributed by atoms with Gasteiger partial charge >= 0.3 is 6.18 Å². The smallest absolute Gasteiger partial charge is 0.355 e. The molecule has 0 aliphatic carbocycles. The highest BCUT2D eigenvalue weighted by molar-refractivity contribution is 7.99. The molecule has 0 saturated carbocycles. The van der Waals surface area contributed by atoms with Crippen LogP contribution in [-0.4, -0.2) is 31.2 Å². The summed E-state index contributed by atoms with van der Waals surface area (Å²) in [5.41, 5.74) is 1.50. The van der Waals surface area contributed by atoms with Gasteiger partial charge in [0.05, 0.1) is 21.9 Å². The van der Waals surface area contributed by atoms with Gasteiger partial charge < -0.3 is 9.47 Å². The van der Waals surface area contributed by atoms with E-state index in [1.165, 1.54) is 17.8 Å². The van der Waals surface area contributed by atoms with Crippen molar-refractivity contribution in [1.29, 1.82) is 0 Å². The van der Waals surface area contributed by atoms with Crippen LogP contribution in [0.3, 0.4) is 0 Å². The summed E-state index contributed by atoms with van der Waals surface area (Å²) in [6.07, 6.45) is -1.21. The van der Waals surface area contributed by atoms with E-state index in [1.807, 2.05) is 30.3 Å². The van der Waals surface area contributed by atoms with Crippen molar-refractivity contribution in [3.05, 3.63) is 71.3 Å². The summed E-state index contributed by atoms with van der Waals surface area (Å²) in [5, 5.41) is 1.83. The molecule has 0 unspecified atom stereocenters. The zero-order valence-corrected chi connectivity index (χ0v) is 16.8. The van der Waals surface area contributed by atoms with Crippen LogP contribution in [0.4, 0.5) is 13.2 Å². The molecular weight excluding hydrogens is 399 g/mol. The van der Waals surface area contributed by atoms with Crippen molar-refractivity contribution in [3.8, 4) is 0 Å². The highest BCUT2D eigenvalue weighted by atomic mass is 32.2. The van der Waals surface area contributed by atoms with Crippen LogP contribution in [0.1, 0.15) is 16.7 Å². The Kier molecular flexibility index (Phi) is 6.95. The Balaban J connectivity index is 1.79. The molecule has 0 N–H and O–H groups in total. The van der Waals surface area contributed by atoms with Gasteiger partial charge in [-0.3, -0.25) is 0 Å². The van der Waals surface area contributed by atoms with E-state index in [-0.39, 0.29) is 6.29 Å². The number of nitrogens with zero attached hydrogens (tertiary/aromatic N) is 1. The first kappa shape index (κ1) is 21.4. The van der Waals surface area contributed by atoms with E-state index in [2.05, 4.69) is 4.98 Å². The fraction of sp³-hybridized carbons (Fsp3) is 0.227. The number of alkyl halides is 3. The standard InChI is InChI=1S/C22H20F3NO2S/c1-27-21(28-2)14-29-20-11-10-17-9-8-16(13-19(17)26-20)7-6-15-4-3-5-18(12-15)22(23,24)25/h3-13,21H,14H2,1-2H3/b7-6+. The molecule has 3 aromatic rings. The number of rotatable bonds is 7. The van der Waals surface area contributed by atoms with E-state index in [0.29, 0.717) is 11.3 Å². The SMILES string of the molecule is COC(CSc1ccc2ccc(/C=C/c3cccc(C(F)(F)F)c3)cc2n1)OC. The fourth-order valence-corrected chi connectivity index (χ4v) is 3.60. The number of fused-ring (bicyclic) bond motifs is 1. The molecule has 1 heterocycles. The molecule has 0 aliphatic heterocycles. The highest BCUT2D eigenvalue weighted by Gasteiger charge is 2.30. The first-order chi connectivity index (χ1) is 13.9. The number of hydrogen-bond donors (Lipinski definition) is 0. The van der Waals surface area contributed by atoms with Gasteiger partial charge in [0.2, 0.25) is 0 Å². The van der Waals surface area contributed by atoms with Crippen LogP contribution in [0.25, 0.3) is 23.1 Å². The Morgan fingerprint density at radius 1 is 0.966 bits per heavy atom. The van der Waals surface area contributed by atoms with E-state index in [0.717, 1.165) is 33.6 Å². The van der Waals surface area contributed by atoms with Crippen molar-refractivity contribution in [2.45, 2.75) is 17.5 Å². The number of aromatic nitrogens is 1. The number of pyridine rings is 1. The molecule has 0 spiro atoms. The number of benzene rings is 2. The normalized spacial score (nSPS) is 12.3. The molecule has 2 aromatic carbocycles. The van der Waals surface area contributed by atoms with E-state index in [9.17, 15) is 13.2 Å². The van der Waals surface area contributed by atoms with Gasteiger partial charge in [-0.2, -0.15) is 13.2 Å². The quantitative estimate of drug-likeness (QED) is 0.262. The summed E-state index contributed by atoms with van der Waals surface area (Å²) in [4.78, 5) is 4.65. The summed E-state index contributed by atoms with van der Waals surface area (Å²) in [7, 11) is 3.18. The zero-order valence-electron chi connectivity index (χ0n) is 15.9. The van der Waals surface area contributed by atoms with Crippen molar-refractivity contribution in [2.75, 3.05) is 20.0 Å². The zero-order chi connectivity index (χ0) is 20.9. The Morgan fingerprint density at radius 3 is 2.34 bits per heavy atom. The van der Waals surface area contributed by atoms with E-state index in [1.54, 1.807) is 32.4 Å². The number of thioether (sulfide) groups is 1. The lowest BCUT2D eigenvalue weighted by atomic mass is 10.1. The van der Waals surface area contributed by atoms with Crippen molar-refractivity contribution in [3.63, 3.8) is 0 Å². The first-order valence-electron chi connectivity index (χ1n) is 8.83. The Labute approximate surface area is 171 Å². The third-order valence-electron chi connectivity index (χ3n) is 4.27. The molecule has 0 saturated heterocycles. The van der Waals surface area contributed by atoms with Gasteiger partial charge in [0.25, 0.3) is 0 Å². The number of hydrogen-bond acceptors (Lipinski definition) is 4. The summed E-state index contributed by atoms with van der Waals surface area (Å²) in [6.45, 7) is 0. The topological polar surface area (TPSA) is 31.4 Å². The molecule has 0 radical (unpaired) electrons. The molecule has 152 valence electrons. The van der Waals surface area contributed by atoms with Crippen molar-refractivity contribution in [2.24, 2.45) is 0 Å². The van der Waals surface area contributed by atoms with Gasteiger partial charge in [0, 0.05) is 19.6 Å². The number of methoxy groups -OCH3 is 2. The molecule has 0 bridgehead atoms. The lowest BCUT2D eigenvalue weighted by molar-refractivity contribution is -0.137. The van der Waals surface area contributed by atoms with Crippen LogP contribution >= 0.6 is 11.8 Å². The number of ether oxygens (including phenoxy) is 2. The average molecular weight is 419 g/mol. The largest absolute Gasteiger partial charge is 0.416 e. The fourth-order valence-electron chi connectivity index (χ4n) is 2.70. The summed E-state index contributed by atoms with van der Waals surface area (Å²) >= 11 is 1.53. The minimum Gasteiger partial charge on any atom is -0.355 e. The lowest BCUT2D eigenvalue weighted by Crippen LogP contribution is -2.15. The third-order valence-corrected chi connectivity index (χ3v) is 5.23. The Morgan fingerprint density at radius 2 is 1.66 bits per heavy atom. The molecule has 29 heavy (non-hydrogen) atoms.